The lowest BCUT2D eigenvalue weighted by Gasteiger charge is -2.58. The van der Waals surface area contributed by atoms with Crippen molar-refractivity contribution in [2.24, 2.45) is 58.2 Å². The average molecular weight is 926 g/mol. The molecular formula is C59H108N2O3S. The molecule has 9 atom stereocenters. The van der Waals surface area contributed by atoms with Crippen molar-refractivity contribution in [3.05, 3.63) is 11.6 Å². The Morgan fingerprint density at radius 1 is 0.708 bits per heavy atom. The summed E-state index contributed by atoms with van der Waals surface area (Å²) in [7, 11) is 4.15. The Kier molecular flexibility index (Phi) is 26.0. The first-order valence-corrected chi connectivity index (χ1v) is 29.6. The second kappa shape index (κ2) is 29.9. The molecule has 0 bridgehead atoms. The summed E-state index contributed by atoms with van der Waals surface area (Å²) in [5.41, 5.74) is 2.40. The highest BCUT2D eigenvalue weighted by atomic mass is 32.2. The number of amides is 1. The molecular weight excluding hydrogens is 817 g/mol. The van der Waals surface area contributed by atoms with Crippen LogP contribution in [-0.2, 0) is 9.53 Å². The van der Waals surface area contributed by atoms with Crippen molar-refractivity contribution in [1.82, 2.24) is 9.80 Å². The number of unbranched alkanes of at least 4 members (excludes halogenated alkanes) is 15. The molecule has 5 nitrogen and oxygen atoms in total. The molecule has 1 amide bonds. The number of hydrogen-bond acceptors (Lipinski definition) is 5. The van der Waals surface area contributed by atoms with Gasteiger partial charge in [-0.2, -0.15) is 0 Å². The standard InChI is InChI=1S/C59H108N2O3S/c1-11-49(47(4)5)32-31-48(6)53-35-36-54-52-34-33-50-45-51(37-39-58(50,7)55(52)38-40-59(53,54)8)64-56(62)30-26-24-28-42-61(57(63)65-44-43-60(9)10)41-27-23-21-19-17-15-13-12-14-16-18-20-22-25-29-46(2)3/h33,46-49,51-55H,11-32,34-45H2,1-10H3. The molecule has 0 spiro atoms. The second-order valence-electron chi connectivity index (χ2n) is 24.2. The monoisotopic (exact) mass is 925 g/mol. The number of thioether (sulfide) groups is 1. The lowest BCUT2D eigenvalue weighted by atomic mass is 9.47. The van der Waals surface area contributed by atoms with Gasteiger partial charge >= 0.3 is 5.97 Å². The maximum Gasteiger partial charge on any atom is 0.306 e. The van der Waals surface area contributed by atoms with E-state index in [1.807, 2.05) is 0 Å². The Morgan fingerprint density at radius 2 is 1.31 bits per heavy atom. The average Bonchev–Trinajstić information content (AvgIpc) is 3.62. The summed E-state index contributed by atoms with van der Waals surface area (Å²) in [6, 6.07) is 0. The molecule has 0 saturated heterocycles. The molecule has 0 radical (unpaired) electrons. The van der Waals surface area contributed by atoms with E-state index in [4.69, 9.17) is 4.74 Å². The van der Waals surface area contributed by atoms with Gasteiger partial charge in [-0.3, -0.25) is 9.59 Å². The van der Waals surface area contributed by atoms with Gasteiger partial charge in [0.1, 0.15) is 6.10 Å². The normalized spacial score (nSPS) is 27.3. The Hall–Kier alpha value is -1.01. The summed E-state index contributed by atoms with van der Waals surface area (Å²) in [6.45, 7) is 22.4. The van der Waals surface area contributed by atoms with Crippen molar-refractivity contribution in [1.29, 1.82) is 0 Å². The van der Waals surface area contributed by atoms with E-state index in [9.17, 15) is 9.59 Å². The largest absolute Gasteiger partial charge is 0.462 e. The van der Waals surface area contributed by atoms with Crippen LogP contribution in [0.4, 0.5) is 4.79 Å². The molecule has 4 aliphatic carbocycles. The van der Waals surface area contributed by atoms with Crippen LogP contribution in [0.2, 0.25) is 0 Å². The highest BCUT2D eigenvalue weighted by Crippen LogP contribution is 2.67. The first kappa shape index (κ1) is 56.6. The number of carbonyl (C=O) groups excluding carboxylic acids is 2. The number of carbonyl (C=O) groups is 2. The molecule has 3 saturated carbocycles. The minimum Gasteiger partial charge on any atom is -0.462 e. The van der Waals surface area contributed by atoms with Crippen LogP contribution >= 0.6 is 11.8 Å². The summed E-state index contributed by atoms with van der Waals surface area (Å²) in [5.74, 6) is 7.60. The number of ether oxygens (including phenoxy) is 1. The highest BCUT2D eigenvalue weighted by molar-refractivity contribution is 8.13. The SMILES string of the molecule is CCC(CCC(C)C1CCC2C3CC=C4CC(OC(=O)CCCCCN(CCCCCCCCCCCCCCCCC(C)C)C(=O)SCCN(C)C)CCC4(C)C3CCC12C)C(C)C. The quantitative estimate of drug-likeness (QED) is 0.0373. The third-order valence-corrected chi connectivity index (χ3v) is 19.3. The molecule has 378 valence electrons. The van der Waals surface area contributed by atoms with Crippen LogP contribution in [0.15, 0.2) is 11.6 Å². The molecule has 4 rings (SSSR count). The van der Waals surface area contributed by atoms with Gasteiger partial charge in [0.05, 0.1) is 0 Å². The summed E-state index contributed by atoms with van der Waals surface area (Å²) in [4.78, 5) is 30.8. The smallest absolute Gasteiger partial charge is 0.306 e. The summed E-state index contributed by atoms with van der Waals surface area (Å²) < 4.78 is 6.23. The van der Waals surface area contributed by atoms with E-state index < -0.39 is 0 Å². The van der Waals surface area contributed by atoms with Crippen molar-refractivity contribution in [3.8, 4) is 0 Å². The zero-order valence-corrected chi connectivity index (χ0v) is 45.7. The number of hydrogen-bond donors (Lipinski definition) is 0. The molecule has 65 heavy (non-hydrogen) atoms. The third kappa shape index (κ3) is 18.4. The van der Waals surface area contributed by atoms with Crippen LogP contribution in [0.1, 0.15) is 248 Å². The van der Waals surface area contributed by atoms with Gasteiger partial charge in [0.2, 0.25) is 0 Å². The zero-order valence-electron chi connectivity index (χ0n) is 44.8. The summed E-state index contributed by atoms with van der Waals surface area (Å²) in [5, 5.41) is 0.233. The van der Waals surface area contributed by atoms with E-state index in [0.717, 1.165) is 111 Å². The van der Waals surface area contributed by atoms with E-state index in [1.165, 1.54) is 159 Å². The van der Waals surface area contributed by atoms with Crippen molar-refractivity contribution in [3.63, 3.8) is 0 Å². The number of rotatable bonds is 33. The molecule has 4 aliphatic rings. The van der Waals surface area contributed by atoms with E-state index in [2.05, 4.69) is 85.4 Å². The Morgan fingerprint density at radius 3 is 1.89 bits per heavy atom. The van der Waals surface area contributed by atoms with Crippen molar-refractivity contribution in [2.45, 2.75) is 254 Å². The lowest BCUT2D eigenvalue weighted by Crippen LogP contribution is -2.51. The van der Waals surface area contributed by atoms with Gasteiger partial charge in [-0.1, -0.05) is 188 Å². The molecule has 0 heterocycles. The fraction of sp³-hybridized carbons (Fsp3) is 0.932. The fourth-order valence-electron chi connectivity index (χ4n) is 14.1. The van der Waals surface area contributed by atoms with E-state index in [0.29, 0.717) is 11.8 Å². The van der Waals surface area contributed by atoms with Crippen molar-refractivity contribution < 1.29 is 14.3 Å². The van der Waals surface area contributed by atoms with Crippen molar-refractivity contribution >= 4 is 23.0 Å². The van der Waals surface area contributed by atoms with Crippen LogP contribution in [0.5, 0.6) is 0 Å². The molecule has 3 fully saturated rings. The maximum atomic E-state index is 13.3. The summed E-state index contributed by atoms with van der Waals surface area (Å²) >= 11 is 1.48. The lowest BCUT2D eigenvalue weighted by molar-refractivity contribution is -0.151. The Balaban J connectivity index is 1.11. The molecule has 0 aromatic carbocycles. The molecule has 0 aromatic rings. The highest BCUT2D eigenvalue weighted by Gasteiger charge is 2.59. The predicted molar refractivity (Wildman–Crippen MR) is 283 cm³/mol. The van der Waals surface area contributed by atoms with Gasteiger partial charge in [-0.05, 0) is 143 Å². The maximum absolute atomic E-state index is 13.3. The van der Waals surface area contributed by atoms with Crippen LogP contribution in [0.25, 0.3) is 0 Å². The Bertz CT molecular complexity index is 1360. The molecule has 9 unspecified atom stereocenters. The van der Waals surface area contributed by atoms with Crippen LogP contribution in [-0.4, -0.2) is 66.6 Å². The molecule has 6 heteroatoms. The van der Waals surface area contributed by atoms with E-state index >= 15 is 0 Å². The first-order chi connectivity index (χ1) is 31.2. The molecule has 0 aromatic heterocycles. The van der Waals surface area contributed by atoms with Crippen molar-refractivity contribution in [2.75, 3.05) is 39.5 Å². The van der Waals surface area contributed by atoms with Gasteiger partial charge in [0.15, 0.2) is 0 Å². The molecule has 0 N–H and O–H groups in total. The topological polar surface area (TPSA) is 49.9 Å². The first-order valence-electron chi connectivity index (χ1n) is 28.6. The second-order valence-corrected chi connectivity index (χ2v) is 25.2. The van der Waals surface area contributed by atoms with Crippen LogP contribution in [0, 0.1) is 58.2 Å². The van der Waals surface area contributed by atoms with E-state index in [1.54, 1.807) is 5.57 Å². The number of nitrogens with zero attached hydrogens (tertiary/aromatic N) is 2. The fourth-order valence-corrected chi connectivity index (χ4v) is 15.1. The van der Waals surface area contributed by atoms with Gasteiger partial charge in [0, 0.05) is 38.2 Å². The van der Waals surface area contributed by atoms with Gasteiger partial charge in [-0.25, -0.2) is 0 Å². The number of allylic oxidation sites excluding steroid dienone is 1. The molecule has 0 aliphatic heterocycles. The Labute approximate surface area is 408 Å². The third-order valence-electron chi connectivity index (χ3n) is 18.4. The number of esters is 1. The van der Waals surface area contributed by atoms with Gasteiger partial charge in [0.25, 0.3) is 5.24 Å². The predicted octanol–water partition coefficient (Wildman–Crippen LogP) is 17.4. The van der Waals surface area contributed by atoms with Crippen LogP contribution in [0.3, 0.4) is 0 Å². The van der Waals surface area contributed by atoms with Gasteiger partial charge in [-0.15, -0.1) is 0 Å². The summed E-state index contributed by atoms with van der Waals surface area (Å²) in [6.07, 6.45) is 40.6. The minimum atomic E-state index is -0.0128. The van der Waals surface area contributed by atoms with Gasteiger partial charge < -0.3 is 14.5 Å². The number of fused-ring (bicyclic) bond motifs is 5. The zero-order chi connectivity index (χ0) is 47.2. The van der Waals surface area contributed by atoms with E-state index in [-0.39, 0.29) is 22.7 Å². The minimum absolute atomic E-state index is 0.0128. The van der Waals surface area contributed by atoms with Crippen LogP contribution < -0.4 is 0 Å².